The van der Waals surface area contributed by atoms with Crippen LogP contribution in [0.2, 0.25) is 0 Å². The van der Waals surface area contributed by atoms with Gasteiger partial charge in [0, 0.05) is 18.7 Å². The highest BCUT2D eigenvalue weighted by Crippen LogP contribution is 2.31. The van der Waals surface area contributed by atoms with E-state index in [-0.39, 0.29) is 16.7 Å². The maximum absolute atomic E-state index is 12.8. The van der Waals surface area contributed by atoms with Crippen molar-refractivity contribution in [3.63, 3.8) is 0 Å². The number of esters is 1. The number of ether oxygens (including phenoxy) is 1. The first-order chi connectivity index (χ1) is 14.4. The van der Waals surface area contributed by atoms with Crippen LogP contribution in [0.3, 0.4) is 0 Å². The standard InChI is InChI=1S/C21H23N3O5S/c1-29-21(26)16-8-6-15(7-9-16)20(25)24-12-10-14(11-13-24)19-22-17-4-2-3-5-18(17)30(27,28)23-19/h2-9,14,19,22-23H,10-13H2,1H3/t19-/m1/s1. The number of methoxy groups -OCH3 is 1. The van der Waals surface area contributed by atoms with Crippen LogP contribution in [0.4, 0.5) is 5.69 Å². The normalized spacial score (nSPS) is 20.7. The van der Waals surface area contributed by atoms with Gasteiger partial charge in [-0.15, -0.1) is 0 Å². The number of nitrogens with one attached hydrogen (secondary N) is 2. The molecular formula is C21H23N3O5S. The van der Waals surface area contributed by atoms with E-state index in [4.69, 9.17) is 0 Å². The molecule has 2 N–H and O–H groups in total. The average Bonchev–Trinajstić information content (AvgIpc) is 2.78. The molecule has 0 unspecified atom stereocenters. The molecule has 4 rings (SSSR count). The van der Waals surface area contributed by atoms with Gasteiger partial charge in [0.2, 0.25) is 10.0 Å². The molecule has 0 saturated carbocycles. The van der Waals surface area contributed by atoms with Crippen molar-refractivity contribution < 1.29 is 22.7 Å². The molecule has 2 aliphatic heterocycles. The lowest BCUT2D eigenvalue weighted by atomic mass is 9.93. The minimum atomic E-state index is -3.56. The number of carbonyl (C=O) groups excluding carboxylic acids is 2. The molecule has 8 nitrogen and oxygen atoms in total. The van der Waals surface area contributed by atoms with E-state index in [1.165, 1.54) is 7.11 Å². The summed E-state index contributed by atoms with van der Waals surface area (Å²) in [6.07, 6.45) is 0.948. The number of piperidine rings is 1. The van der Waals surface area contributed by atoms with Crippen molar-refractivity contribution in [1.82, 2.24) is 9.62 Å². The Labute approximate surface area is 175 Å². The number of nitrogens with zero attached hydrogens (tertiary/aromatic N) is 1. The van der Waals surface area contributed by atoms with Crippen LogP contribution in [0.1, 0.15) is 33.6 Å². The SMILES string of the molecule is COC(=O)c1ccc(C(=O)N2CCC([C@@H]3Nc4ccccc4S(=O)(=O)N3)CC2)cc1. The Kier molecular flexibility index (Phi) is 5.48. The number of rotatable bonds is 3. The zero-order chi connectivity index (χ0) is 21.3. The number of para-hydroxylation sites is 1. The van der Waals surface area contributed by atoms with E-state index in [1.54, 1.807) is 53.4 Å². The number of likely N-dealkylation sites (tertiary alicyclic amines) is 1. The summed E-state index contributed by atoms with van der Waals surface area (Å²) in [6.45, 7) is 1.06. The van der Waals surface area contributed by atoms with E-state index in [9.17, 15) is 18.0 Å². The van der Waals surface area contributed by atoms with Gasteiger partial charge in [-0.3, -0.25) is 4.79 Å². The lowest BCUT2D eigenvalue weighted by molar-refractivity contribution is 0.0599. The van der Waals surface area contributed by atoms with E-state index in [0.29, 0.717) is 42.7 Å². The number of anilines is 1. The van der Waals surface area contributed by atoms with Gasteiger partial charge in [0.15, 0.2) is 0 Å². The third kappa shape index (κ3) is 3.90. The highest BCUT2D eigenvalue weighted by atomic mass is 32.2. The summed E-state index contributed by atoms with van der Waals surface area (Å²) in [4.78, 5) is 26.3. The van der Waals surface area contributed by atoms with Crippen LogP contribution in [0.25, 0.3) is 0 Å². The number of amides is 1. The summed E-state index contributed by atoms with van der Waals surface area (Å²) in [7, 11) is -2.25. The van der Waals surface area contributed by atoms with Crippen LogP contribution in [-0.2, 0) is 14.8 Å². The highest BCUT2D eigenvalue weighted by Gasteiger charge is 2.35. The minimum absolute atomic E-state index is 0.0684. The summed E-state index contributed by atoms with van der Waals surface area (Å²) < 4.78 is 32.5. The highest BCUT2D eigenvalue weighted by molar-refractivity contribution is 7.89. The molecule has 1 saturated heterocycles. The second-order valence-electron chi connectivity index (χ2n) is 7.44. The van der Waals surface area contributed by atoms with E-state index in [1.807, 2.05) is 0 Å². The molecule has 2 aliphatic rings. The van der Waals surface area contributed by atoms with E-state index < -0.39 is 22.2 Å². The quantitative estimate of drug-likeness (QED) is 0.724. The molecule has 0 bridgehead atoms. The van der Waals surface area contributed by atoms with Crippen LogP contribution in [0.15, 0.2) is 53.4 Å². The molecule has 1 amide bonds. The number of sulfonamides is 1. The first-order valence-electron chi connectivity index (χ1n) is 9.74. The fourth-order valence-electron chi connectivity index (χ4n) is 3.95. The van der Waals surface area contributed by atoms with Crippen molar-refractivity contribution in [1.29, 1.82) is 0 Å². The van der Waals surface area contributed by atoms with Crippen molar-refractivity contribution in [2.24, 2.45) is 5.92 Å². The molecule has 2 heterocycles. The van der Waals surface area contributed by atoms with Crippen LogP contribution in [-0.4, -0.2) is 51.6 Å². The predicted octanol–water partition coefficient (Wildman–Crippen LogP) is 2.06. The summed E-state index contributed by atoms with van der Waals surface area (Å²) >= 11 is 0. The van der Waals surface area contributed by atoms with Gasteiger partial charge in [0.1, 0.15) is 4.90 Å². The molecule has 158 valence electrons. The van der Waals surface area contributed by atoms with Crippen LogP contribution in [0.5, 0.6) is 0 Å². The molecule has 9 heteroatoms. The summed E-state index contributed by atoms with van der Waals surface area (Å²) in [5.74, 6) is -0.481. The zero-order valence-corrected chi connectivity index (χ0v) is 17.3. The molecule has 2 aromatic rings. The number of benzene rings is 2. The Morgan fingerprint density at radius 2 is 1.63 bits per heavy atom. The topological polar surface area (TPSA) is 105 Å². The second-order valence-corrected chi connectivity index (χ2v) is 9.12. The summed E-state index contributed by atoms with van der Waals surface area (Å²) in [5.41, 5.74) is 1.50. The van der Waals surface area contributed by atoms with E-state index in [2.05, 4.69) is 14.8 Å². The van der Waals surface area contributed by atoms with Crippen LogP contribution in [0, 0.1) is 5.92 Å². The van der Waals surface area contributed by atoms with E-state index in [0.717, 1.165) is 0 Å². The van der Waals surface area contributed by atoms with Gasteiger partial charge < -0.3 is 15.0 Å². The molecule has 0 spiro atoms. The number of hydrogen-bond donors (Lipinski definition) is 2. The van der Waals surface area contributed by atoms with Crippen molar-refractivity contribution in [2.45, 2.75) is 23.9 Å². The van der Waals surface area contributed by atoms with Gasteiger partial charge in [-0.05, 0) is 55.2 Å². The Bertz CT molecular complexity index is 1060. The Balaban J connectivity index is 1.39. The number of hydrogen-bond acceptors (Lipinski definition) is 6. The van der Waals surface area contributed by atoms with Crippen molar-refractivity contribution in [2.75, 3.05) is 25.5 Å². The van der Waals surface area contributed by atoms with Gasteiger partial charge in [-0.25, -0.2) is 13.2 Å². The Morgan fingerprint density at radius 3 is 2.30 bits per heavy atom. The second kappa shape index (κ2) is 8.08. The maximum Gasteiger partial charge on any atom is 0.337 e. The maximum atomic E-state index is 12.8. The largest absolute Gasteiger partial charge is 0.465 e. The van der Waals surface area contributed by atoms with Crippen LogP contribution >= 0.6 is 0 Å². The summed E-state index contributed by atoms with van der Waals surface area (Å²) in [5, 5.41) is 3.28. The third-order valence-corrected chi connectivity index (χ3v) is 7.12. The van der Waals surface area contributed by atoms with Crippen molar-refractivity contribution in [3.05, 3.63) is 59.7 Å². The molecule has 1 fully saturated rings. The van der Waals surface area contributed by atoms with Gasteiger partial charge >= 0.3 is 5.97 Å². The average molecular weight is 429 g/mol. The van der Waals surface area contributed by atoms with Gasteiger partial charge in [0.05, 0.1) is 24.5 Å². The Morgan fingerprint density at radius 1 is 1.00 bits per heavy atom. The molecule has 0 aliphatic carbocycles. The van der Waals surface area contributed by atoms with E-state index >= 15 is 0 Å². The fourth-order valence-corrected chi connectivity index (χ4v) is 5.33. The summed E-state index contributed by atoms with van der Waals surface area (Å²) in [6, 6.07) is 13.2. The monoisotopic (exact) mass is 429 g/mol. The van der Waals surface area contributed by atoms with Crippen LogP contribution < -0.4 is 10.0 Å². The van der Waals surface area contributed by atoms with Gasteiger partial charge in [-0.2, -0.15) is 4.72 Å². The van der Waals surface area contributed by atoms with Crippen molar-refractivity contribution in [3.8, 4) is 0 Å². The lowest BCUT2D eigenvalue weighted by Gasteiger charge is -2.38. The number of carbonyl (C=O) groups is 2. The molecule has 0 aromatic heterocycles. The minimum Gasteiger partial charge on any atom is -0.465 e. The smallest absolute Gasteiger partial charge is 0.337 e. The van der Waals surface area contributed by atoms with Crippen molar-refractivity contribution >= 4 is 27.6 Å². The zero-order valence-electron chi connectivity index (χ0n) is 16.5. The van der Waals surface area contributed by atoms with Gasteiger partial charge in [-0.1, -0.05) is 12.1 Å². The molecule has 30 heavy (non-hydrogen) atoms. The fraction of sp³-hybridized carbons (Fsp3) is 0.333. The number of fused-ring (bicyclic) bond motifs is 1. The molecule has 0 radical (unpaired) electrons. The predicted molar refractivity (Wildman–Crippen MR) is 111 cm³/mol. The molecular weight excluding hydrogens is 406 g/mol. The van der Waals surface area contributed by atoms with Gasteiger partial charge in [0.25, 0.3) is 5.91 Å². The third-order valence-electron chi connectivity index (χ3n) is 5.62. The first-order valence-corrected chi connectivity index (χ1v) is 11.2. The first kappa shape index (κ1) is 20.4. The molecule has 1 atom stereocenters. The lowest BCUT2D eigenvalue weighted by Crippen LogP contribution is -2.52. The molecule has 2 aromatic carbocycles. The Hall–Kier alpha value is -2.91.